The Balaban J connectivity index is 1.68. The standard InChI is InChI=1S/C18H26N4O2/c1-14(4-5-16-6-8-17(24-3)9-7-16)20-18(23)21-15(2)12-22-11-10-19-13-22/h6-11,13-15H,4-5,12H2,1-3H3,(H2,20,21,23)/t14-,15-/m1/s1. The van der Waals surface area contributed by atoms with Gasteiger partial charge in [-0.3, -0.25) is 0 Å². The third kappa shape index (κ3) is 5.95. The molecule has 0 aliphatic rings. The first-order valence-electron chi connectivity index (χ1n) is 8.22. The van der Waals surface area contributed by atoms with Gasteiger partial charge in [0.25, 0.3) is 0 Å². The average molecular weight is 330 g/mol. The zero-order valence-corrected chi connectivity index (χ0v) is 14.5. The monoisotopic (exact) mass is 330 g/mol. The van der Waals surface area contributed by atoms with Gasteiger partial charge in [0.2, 0.25) is 0 Å². The van der Waals surface area contributed by atoms with Gasteiger partial charge >= 0.3 is 6.03 Å². The Morgan fingerprint density at radius 3 is 2.54 bits per heavy atom. The van der Waals surface area contributed by atoms with Crippen molar-refractivity contribution >= 4 is 6.03 Å². The van der Waals surface area contributed by atoms with Crippen molar-refractivity contribution in [2.45, 2.75) is 45.3 Å². The second kappa shape index (κ2) is 8.96. The van der Waals surface area contributed by atoms with Gasteiger partial charge < -0.3 is 19.9 Å². The molecule has 130 valence electrons. The Labute approximate surface area is 143 Å². The highest BCUT2D eigenvalue weighted by atomic mass is 16.5. The molecule has 6 heteroatoms. The van der Waals surface area contributed by atoms with Crippen molar-refractivity contribution in [3.63, 3.8) is 0 Å². The van der Waals surface area contributed by atoms with Gasteiger partial charge in [-0.15, -0.1) is 0 Å². The van der Waals surface area contributed by atoms with Gasteiger partial charge in [0.05, 0.1) is 13.4 Å². The van der Waals surface area contributed by atoms with Gasteiger partial charge in [-0.2, -0.15) is 0 Å². The molecular weight excluding hydrogens is 304 g/mol. The fourth-order valence-corrected chi connectivity index (χ4v) is 2.49. The predicted molar refractivity (Wildman–Crippen MR) is 94.1 cm³/mol. The van der Waals surface area contributed by atoms with E-state index in [1.807, 2.05) is 36.7 Å². The van der Waals surface area contributed by atoms with Crippen LogP contribution in [0.4, 0.5) is 4.79 Å². The summed E-state index contributed by atoms with van der Waals surface area (Å²) in [7, 11) is 1.66. The van der Waals surface area contributed by atoms with E-state index >= 15 is 0 Å². The Bertz CT molecular complexity index is 610. The maximum absolute atomic E-state index is 12.0. The number of nitrogens with one attached hydrogen (secondary N) is 2. The van der Waals surface area contributed by atoms with Crippen LogP contribution in [-0.4, -0.2) is 34.8 Å². The summed E-state index contributed by atoms with van der Waals surface area (Å²) in [5.41, 5.74) is 1.23. The van der Waals surface area contributed by atoms with Gasteiger partial charge in [0.1, 0.15) is 5.75 Å². The molecule has 2 atom stereocenters. The number of benzene rings is 1. The van der Waals surface area contributed by atoms with Gasteiger partial charge in [-0.05, 0) is 44.4 Å². The molecule has 0 unspecified atom stereocenters. The molecule has 0 saturated carbocycles. The topological polar surface area (TPSA) is 68.2 Å². The molecule has 0 radical (unpaired) electrons. The number of aromatic nitrogens is 2. The summed E-state index contributed by atoms with van der Waals surface area (Å²) in [6.07, 6.45) is 7.15. The second-order valence-electron chi connectivity index (χ2n) is 6.07. The smallest absolute Gasteiger partial charge is 0.315 e. The molecule has 1 heterocycles. The molecule has 0 saturated heterocycles. The number of hydrogen-bond acceptors (Lipinski definition) is 3. The molecule has 24 heavy (non-hydrogen) atoms. The van der Waals surface area contributed by atoms with E-state index in [-0.39, 0.29) is 18.1 Å². The highest BCUT2D eigenvalue weighted by molar-refractivity contribution is 5.74. The first-order valence-corrected chi connectivity index (χ1v) is 8.22. The van der Waals surface area contributed by atoms with Crippen LogP contribution in [-0.2, 0) is 13.0 Å². The minimum absolute atomic E-state index is 0.0352. The Morgan fingerprint density at radius 2 is 1.92 bits per heavy atom. The predicted octanol–water partition coefficient (Wildman–Crippen LogP) is 2.60. The van der Waals surface area contributed by atoms with Crippen LogP contribution in [0, 0.1) is 0 Å². The maximum Gasteiger partial charge on any atom is 0.315 e. The second-order valence-corrected chi connectivity index (χ2v) is 6.07. The van der Waals surface area contributed by atoms with Crippen molar-refractivity contribution in [3.05, 3.63) is 48.5 Å². The number of methoxy groups -OCH3 is 1. The number of hydrogen-bond donors (Lipinski definition) is 2. The van der Waals surface area contributed by atoms with E-state index in [0.29, 0.717) is 6.54 Å². The first-order chi connectivity index (χ1) is 11.6. The quantitative estimate of drug-likeness (QED) is 0.782. The van der Waals surface area contributed by atoms with Crippen LogP contribution in [0.25, 0.3) is 0 Å². The van der Waals surface area contributed by atoms with E-state index in [2.05, 4.69) is 27.8 Å². The van der Waals surface area contributed by atoms with Crippen LogP contribution >= 0.6 is 0 Å². The highest BCUT2D eigenvalue weighted by Crippen LogP contribution is 2.13. The Morgan fingerprint density at radius 1 is 1.21 bits per heavy atom. The molecule has 0 bridgehead atoms. The molecule has 2 rings (SSSR count). The van der Waals surface area contributed by atoms with E-state index in [0.717, 1.165) is 18.6 Å². The number of carbonyl (C=O) groups is 1. The summed E-state index contributed by atoms with van der Waals surface area (Å²) in [4.78, 5) is 16.0. The minimum Gasteiger partial charge on any atom is -0.497 e. The van der Waals surface area contributed by atoms with Crippen LogP contribution in [0.3, 0.4) is 0 Å². The number of nitrogens with zero attached hydrogens (tertiary/aromatic N) is 2. The fourth-order valence-electron chi connectivity index (χ4n) is 2.49. The first kappa shape index (κ1) is 17.8. The average Bonchev–Trinajstić information content (AvgIpc) is 3.06. The van der Waals surface area contributed by atoms with Crippen LogP contribution in [0.2, 0.25) is 0 Å². The van der Waals surface area contributed by atoms with Gasteiger partial charge in [0.15, 0.2) is 0 Å². The molecule has 2 aromatic rings. The highest BCUT2D eigenvalue weighted by Gasteiger charge is 2.11. The molecule has 0 fully saturated rings. The number of aryl methyl sites for hydroxylation is 1. The number of urea groups is 1. The van der Waals surface area contributed by atoms with E-state index in [9.17, 15) is 4.79 Å². The molecule has 2 N–H and O–H groups in total. The number of carbonyl (C=O) groups excluding carboxylic acids is 1. The van der Waals surface area contributed by atoms with E-state index < -0.39 is 0 Å². The molecule has 2 amide bonds. The van der Waals surface area contributed by atoms with E-state index in [1.165, 1.54) is 5.56 Å². The maximum atomic E-state index is 12.0. The minimum atomic E-state index is -0.134. The normalized spacial score (nSPS) is 13.1. The summed E-state index contributed by atoms with van der Waals surface area (Å²) in [6, 6.07) is 8.03. The van der Waals surface area contributed by atoms with Crippen molar-refractivity contribution in [2.24, 2.45) is 0 Å². The van der Waals surface area contributed by atoms with Crippen LogP contribution < -0.4 is 15.4 Å². The van der Waals surface area contributed by atoms with Gasteiger partial charge in [-0.25, -0.2) is 9.78 Å². The largest absolute Gasteiger partial charge is 0.497 e. The van der Waals surface area contributed by atoms with E-state index in [1.54, 1.807) is 19.6 Å². The summed E-state index contributed by atoms with van der Waals surface area (Å²) in [5, 5.41) is 5.93. The molecule has 0 aliphatic carbocycles. The summed E-state index contributed by atoms with van der Waals surface area (Å²) >= 11 is 0. The summed E-state index contributed by atoms with van der Waals surface area (Å²) in [6.45, 7) is 4.69. The van der Waals surface area contributed by atoms with Crippen molar-refractivity contribution in [2.75, 3.05) is 7.11 Å². The third-order valence-corrected chi connectivity index (χ3v) is 3.82. The van der Waals surface area contributed by atoms with Crippen molar-refractivity contribution in [3.8, 4) is 5.75 Å². The van der Waals surface area contributed by atoms with Crippen LogP contribution in [0.15, 0.2) is 43.0 Å². The van der Waals surface area contributed by atoms with Crippen molar-refractivity contribution in [1.29, 1.82) is 0 Å². The Kier molecular flexibility index (Phi) is 6.66. The molecule has 1 aromatic heterocycles. The third-order valence-electron chi connectivity index (χ3n) is 3.82. The van der Waals surface area contributed by atoms with Gasteiger partial charge in [0, 0.05) is 31.0 Å². The van der Waals surface area contributed by atoms with Crippen LogP contribution in [0.1, 0.15) is 25.8 Å². The van der Waals surface area contributed by atoms with Crippen molar-refractivity contribution < 1.29 is 9.53 Å². The molecule has 0 spiro atoms. The number of imidazole rings is 1. The van der Waals surface area contributed by atoms with Crippen molar-refractivity contribution in [1.82, 2.24) is 20.2 Å². The lowest BCUT2D eigenvalue weighted by Gasteiger charge is -2.18. The van der Waals surface area contributed by atoms with E-state index in [4.69, 9.17) is 4.74 Å². The molecular formula is C18H26N4O2. The molecule has 0 aliphatic heterocycles. The lowest BCUT2D eigenvalue weighted by Crippen LogP contribution is -2.45. The lowest BCUT2D eigenvalue weighted by atomic mass is 10.1. The zero-order valence-electron chi connectivity index (χ0n) is 14.5. The van der Waals surface area contributed by atoms with Gasteiger partial charge in [-0.1, -0.05) is 12.1 Å². The summed E-state index contributed by atoms with van der Waals surface area (Å²) in [5.74, 6) is 0.858. The Hall–Kier alpha value is -2.50. The molecule has 1 aromatic carbocycles. The number of amides is 2. The SMILES string of the molecule is COc1ccc(CC[C@@H](C)NC(=O)N[C@H](C)Cn2ccnc2)cc1. The molecule has 6 nitrogen and oxygen atoms in total. The van der Waals surface area contributed by atoms with Crippen LogP contribution in [0.5, 0.6) is 5.75 Å². The fraction of sp³-hybridized carbons (Fsp3) is 0.444. The number of rotatable bonds is 8. The zero-order chi connectivity index (χ0) is 17.4. The lowest BCUT2D eigenvalue weighted by molar-refractivity contribution is 0.233. The number of ether oxygens (including phenoxy) is 1. The summed E-state index contributed by atoms with van der Waals surface area (Å²) < 4.78 is 7.09.